The molecule has 0 saturated carbocycles. The molecule has 4 heteroatoms. The highest BCUT2D eigenvalue weighted by atomic mass is 35.5. The van der Waals surface area contributed by atoms with Crippen LogP contribution in [0, 0.1) is 6.92 Å². The Hall–Kier alpha value is -1.06. The number of amides is 1. The van der Waals surface area contributed by atoms with Crippen molar-refractivity contribution in [3.05, 3.63) is 34.3 Å². The summed E-state index contributed by atoms with van der Waals surface area (Å²) in [4.78, 5) is 11.6. The largest absolute Gasteiger partial charge is 0.385 e. The summed E-state index contributed by atoms with van der Waals surface area (Å²) < 4.78 is 4.91. The van der Waals surface area contributed by atoms with Gasteiger partial charge in [-0.2, -0.15) is 0 Å². The Kier molecular flexibility index (Phi) is 6.01. The zero-order valence-electron chi connectivity index (χ0n) is 10.3. The highest BCUT2D eigenvalue weighted by Crippen LogP contribution is 2.15. The molecule has 94 valence electrons. The summed E-state index contributed by atoms with van der Waals surface area (Å²) in [6.07, 6.45) is 1.23. The Morgan fingerprint density at radius 2 is 2.24 bits per heavy atom. The van der Waals surface area contributed by atoms with E-state index in [-0.39, 0.29) is 5.91 Å². The van der Waals surface area contributed by atoms with Gasteiger partial charge in [0.1, 0.15) is 0 Å². The zero-order chi connectivity index (χ0) is 12.7. The smallest absolute Gasteiger partial charge is 0.224 e. The Labute approximate surface area is 107 Å². The van der Waals surface area contributed by atoms with Gasteiger partial charge >= 0.3 is 0 Å². The van der Waals surface area contributed by atoms with Crippen LogP contribution in [0.25, 0.3) is 0 Å². The molecule has 0 aliphatic rings. The number of nitrogens with one attached hydrogen (secondary N) is 1. The van der Waals surface area contributed by atoms with Crippen molar-refractivity contribution < 1.29 is 9.53 Å². The number of rotatable bonds is 6. The first-order valence-electron chi connectivity index (χ1n) is 5.64. The topological polar surface area (TPSA) is 38.3 Å². The van der Waals surface area contributed by atoms with E-state index in [1.165, 1.54) is 0 Å². The fraction of sp³-hybridized carbons (Fsp3) is 0.462. The van der Waals surface area contributed by atoms with Gasteiger partial charge < -0.3 is 10.1 Å². The van der Waals surface area contributed by atoms with E-state index >= 15 is 0 Å². The van der Waals surface area contributed by atoms with Crippen molar-refractivity contribution in [2.75, 3.05) is 20.3 Å². The number of carbonyl (C=O) groups excluding carboxylic acids is 1. The van der Waals surface area contributed by atoms with Crippen molar-refractivity contribution in [3.63, 3.8) is 0 Å². The van der Waals surface area contributed by atoms with Gasteiger partial charge in [-0.1, -0.05) is 17.7 Å². The standard InChI is InChI=1S/C13H18ClNO2/c1-10-8-12(14)5-4-11(10)9-13(16)15-6-3-7-17-2/h4-5,8H,3,6-7,9H2,1-2H3,(H,15,16). The third kappa shape index (κ3) is 5.20. The summed E-state index contributed by atoms with van der Waals surface area (Å²) in [7, 11) is 1.65. The number of hydrogen-bond donors (Lipinski definition) is 1. The highest BCUT2D eigenvalue weighted by molar-refractivity contribution is 6.30. The van der Waals surface area contributed by atoms with Gasteiger partial charge in [-0.3, -0.25) is 4.79 Å². The summed E-state index contributed by atoms with van der Waals surface area (Å²) in [5.41, 5.74) is 2.06. The molecule has 17 heavy (non-hydrogen) atoms. The Balaban J connectivity index is 2.40. The molecule has 0 saturated heterocycles. The van der Waals surface area contributed by atoms with Gasteiger partial charge in [0.15, 0.2) is 0 Å². The van der Waals surface area contributed by atoms with Gasteiger partial charge in [0.25, 0.3) is 0 Å². The fourth-order valence-corrected chi connectivity index (χ4v) is 1.76. The molecule has 3 nitrogen and oxygen atoms in total. The number of halogens is 1. The molecular formula is C13H18ClNO2. The molecule has 0 spiro atoms. The number of hydrogen-bond acceptors (Lipinski definition) is 2. The third-order valence-corrected chi connectivity index (χ3v) is 2.74. The first-order chi connectivity index (χ1) is 8.13. The minimum atomic E-state index is 0.0338. The summed E-state index contributed by atoms with van der Waals surface area (Å²) in [6.45, 7) is 3.28. The molecule has 1 N–H and O–H groups in total. The molecule has 1 amide bonds. The summed E-state index contributed by atoms with van der Waals surface area (Å²) in [6, 6.07) is 5.57. The molecule has 0 fully saturated rings. The second kappa shape index (κ2) is 7.30. The lowest BCUT2D eigenvalue weighted by Gasteiger charge is -2.07. The molecule has 0 aliphatic heterocycles. The second-order valence-corrected chi connectivity index (χ2v) is 4.38. The van der Waals surface area contributed by atoms with Crippen molar-refractivity contribution in [1.82, 2.24) is 5.32 Å². The lowest BCUT2D eigenvalue weighted by atomic mass is 10.1. The summed E-state index contributed by atoms with van der Waals surface area (Å²) >= 11 is 5.86. The Bertz CT molecular complexity index is 380. The Morgan fingerprint density at radius 1 is 1.47 bits per heavy atom. The number of aryl methyl sites for hydroxylation is 1. The van der Waals surface area contributed by atoms with E-state index in [4.69, 9.17) is 16.3 Å². The van der Waals surface area contributed by atoms with Gasteiger partial charge in [0.2, 0.25) is 5.91 Å². The molecule has 0 aromatic heterocycles. The molecule has 1 aromatic carbocycles. The lowest BCUT2D eigenvalue weighted by molar-refractivity contribution is -0.120. The molecule has 0 unspecified atom stereocenters. The SMILES string of the molecule is COCCCNC(=O)Cc1ccc(Cl)cc1C. The van der Waals surface area contributed by atoms with Crippen molar-refractivity contribution in [3.8, 4) is 0 Å². The van der Waals surface area contributed by atoms with Crippen LogP contribution >= 0.6 is 11.6 Å². The van der Waals surface area contributed by atoms with E-state index in [0.29, 0.717) is 24.6 Å². The molecule has 0 radical (unpaired) electrons. The second-order valence-electron chi connectivity index (χ2n) is 3.94. The van der Waals surface area contributed by atoms with E-state index < -0.39 is 0 Å². The van der Waals surface area contributed by atoms with Crippen LogP contribution in [0.5, 0.6) is 0 Å². The van der Waals surface area contributed by atoms with E-state index in [0.717, 1.165) is 17.5 Å². The van der Waals surface area contributed by atoms with Crippen LogP contribution in [-0.4, -0.2) is 26.2 Å². The van der Waals surface area contributed by atoms with Crippen molar-refractivity contribution >= 4 is 17.5 Å². The van der Waals surface area contributed by atoms with Crippen LogP contribution in [0.3, 0.4) is 0 Å². The average molecular weight is 256 g/mol. The maximum Gasteiger partial charge on any atom is 0.224 e. The van der Waals surface area contributed by atoms with Gasteiger partial charge in [-0.15, -0.1) is 0 Å². The maximum absolute atomic E-state index is 11.6. The number of ether oxygens (including phenoxy) is 1. The molecule has 0 atom stereocenters. The van der Waals surface area contributed by atoms with E-state index in [1.54, 1.807) is 7.11 Å². The van der Waals surface area contributed by atoms with Crippen LogP contribution in [-0.2, 0) is 16.0 Å². The molecule has 1 rings (SSSR count). The third-order valence-electron chi connectivity index (χ3n) is 2.50. The summed E-state index contributed by atoms with van der Waals surface area (Å²) in [5, 5.41) is 3.56. The highest BCUT2D eigenvalue weighted by Gasteiger charge is 2.05. The van der Waals surface area contributed by atoms with Gasteiger partial charge in [0.05, 0.1) is 6.42 Å². The van der Waals surface area contributed by atoms with Crippen molar-refractivity contribution in [2.45, 2.75) is 19.8 Å². The number of methoxy groups -OCH3 is 1. The predicted molar refractivity (Wildman–Crippen MR) is 69.4 cm³/mol. The first kappa shape index (κ1) is 14.0. The number of carbonyl (C=O) groups is 1. The van der Waals surface area contributed by atoms with Gasteiger partial charge in [-0.05, 0) is 36.6 Å². The first-order valence-corrected chi connectivity index (χ1v) is 6.02. The van der Waals surface area contributed by atoms with E-state index in [9.17, 15) is 4.79 Å². The minimum absolute atomic E-state index is 0.0338. The number of benzene rings is 1. The van der Waals surface area contributed by atoms with E-state index in [2.05, 4.69) is 5.32 Å². The van der Waals surface area contributed by atoms with E-state index in [1.807, 2.05) is 25.1 Å². The van der Waals surface area contributed by atoms with Crippen LogP contribution in [0.2, 0.25) is 5.02 Å². The molecule has 1 aromatic rings. The summed E-state index contributed by atoms with van der Waals surface area (Å²) in [5.74, 6) is 0.0338. The molecular weight excluding hydrogens is 238 g/mol. The zero-order valence-corrected chi connectivity index (χ0v) is 11.0. The molecule has 0 aliphatic carbocycles. The van der Waals surface area contributed by atoms with Gasteiger partial charge in [0, 0.05) is 25.3 Å². The predicted octanol–water partition coefficient (Wildman–Crippen LogP) is 2.34. The monoisotopic (exact) mass is 255 g/mol. The quantitative estimate of drug-likeness (QED) is 0.793. The normalized spacial score (nSPS) is 10.3. The molecule has 0 heterocycles. The maximum atomic E-state index is 11.6. The van der Waals surface area contributed by atoms with Crippen molar-refractivity contribution in [2.24, 2.45) is 0 Å². The van der Waals surface area contributed by atoms with Crippen LogP contribution in [0.4, 0.5) is 0 Å². The fourth-order valence-electron chi connectivity index (χ4n) is 1.54. The molecule has 0 bridgehead atoms. The Morgan fingerprint density at radius 3 is 2.88 bits per heavy atom. The average Bonchev–Trinajstić information content (AvgIpc) is 2.28. The van der Waals surface area contributed by atoms with Crippen LogP contribution in [0.1, 0.15) is 17.5 Å². The van der Waals surface area contributed by atoms with Crippen LogP contribution in [0.15, 0.2) is 18.2 Å². The van der Waals surface area contributed by atoms with Gasteiger partial charge in [-0.25, -0.2) is 0 Å². The lowest BCUT2D eigenvalue weighted by Crippen LogP contribution is -2.27. The van der Waals surface area contributed by atoms with Crippen LogP contribution < -0.4 is 5.32 Å². The minimum Gasteiger partial charge on any atom is -0.385 e. The van der Waals surface area contributed by atoms with Crippen molar-refractivity contribution in [1.29, 1.82) is 0 Å².